The van der Waals surface area contributed by atoms with E-state index in [0.717, 1.165) is 52.0 Å². The summed E-state index contributed by atoms with van der Waals surface area (Å²) in [5.41, 5.74) is 10.1. The molecule has 0 atom stereocenters. The number of hydrogen-bond donors (Lipinski definition) is 1. The average molecular weight is 503 g/mol. The Balaban J connectivity index is 1.25. The van der Waals surface area contributed by atoms with Gasteiger partial charge in [-0.05, 0) is 80.5 Å². The van der Waals surface area contributed by atoms with E-state index >= 15 is 0 Å². The first-order chi connectivity index (χ1) is 18.5. The third-order valence-corrected chi connectivity index (χ3v) is 7.27. The molecule has 0 radical (unpaired) electrons. The van der Waals surface area contributed by atoms with E-state index < -0.39 is 0 Å². The van der Waals surface area contributed by atoms with Crippen LogP contribution >= 0.6 is 0 Å². The predicted molar refractivity (Wildman–Crippen MR) is 148 cm³/mol. The maximum atomic E-state index is 13.1. The molecular formula is C32H30N4O2. The second kappa shape index (κ2) is 10.1. The fourth-order valence-corrected chi connectivity index (χ4v) is 5.14. The third-order valence-electron chi connectivity index (χ3n) is 7.27. The van der Waals surface area contributed by atoms with Gasteiger partial charge in [-0.1, -0.05) is 53.2 Å². The highest BCUT2D eigenvalue weighted by Gasteiger charge is 2.19. The molecule has 6 heteroatoms. The van der Waals surface area contributed by atoms with Crippen molar-refractivity contribution in [2.45, 2.75) is 46.1 Å². The summed E-state index contributed by atoms with van der Waals surface area (Å²) in [5.74, 6) is 0.328. The van der Waals surface area contributed by atoms with Crippen molar-refractivity contribution in [2.24, 2.45) is 0 Å². The molecule has 5 aromatic rings. The van der Waals surface area contributed by atoms with E-state index in [0.29, 0.717) is 12.3 Å². The first-order valence-electron chi connectivity index (χ1n) is 13.1. The fourth-order valence-electron chi connectivity index (χ4n) is 5.14. The Labute approximate surface area is 222 Å². The fraction of sp³-hybridized carbons (Fsp3) is 0.219. The minimum Gasteiger partial charge on any atom is -0.355 e. The SMILES string of the molecule is Cc1ccc(C)c(-c2nn(-c3ccccc3)cc2CNC(=O)c2cc(-c3ccc4c(c3)CCCC4)on2)c1. The molecule has 0 saturated carbocycles. The van der Waals surface area contributed by atoms with E-state index in [1.54, 1.807) is 6.07 Å². The molecule has 3 aromatic carbocycles. The van der Waals surface area contributed by atoms with Gasteiger partial charge in [-0.3, -0.25) is 4.79 Å². The molecule has 0 spiro atoms. The van der Waals surface area contributed by atoms with Gasteiger partial charge in [0.25, 0.3) is 5.91 Å². The molecule has 0 fully saturated rings. The zero-order valence-corrected chi connectivity index (χ0v) is 21.7. The van der Waals surface area contributed by atoms with Gasteiger partial charge < -0.3 is 9.84 Å². The molecule has 0 saturated heterocycles. The molecule has 0 aliphatic heterocycles. The molecule has 38 heavy (non-hydrogen) atoms. The van der Waals surface area contributed by atoms with Crippen molar-refractivity contribution < 1.29 is 9.32 Å². The van der Waals surface area contributed by atoms with Crippen LogP contribution in [0.1, 0.15) is 51.1 Å². The lowest BCUT2D eigenvalue weighted by molar-refractivity contribution is 0.0942. The summed E-state index contributed by atoms with van der Waals surface area (Å²) in [6.45, 7) is 4.47. The van der Waals surface area contributed by atoms with Gasteiger partial charge in [0.2, 0.25) is 0 Å². The van der Waals surface area contributed by atoms with Gasteiger partial charge in [-0.15, -0.1) is 0 Å². The Morgan fingerprint density at radius 3 is 2.61 bits per heavy atom. The zero-order chi connectivity index (χ0) is 26.1. The number of hydrogen-bond acceptors (Lipinski definition) is 4. The number of rotatable bonds is 6. The number of benzene rings is 3. The summed E-state index contributed by atoms with van der Waals surface area (Å²) in [7, 11) is 0. The largest absolute Gasteiger partial charge is 0.355 e. The van der Waals surface area contributed by atoms with Crippen LogP contribution in [-0.2, 0) is 19.4 Å². The maximum absolute atomic E-state index is 13.1. The lowest BCUT2D eigenvalue weighted by atomic mass is 9.90. The monoisotopic (exact) mass is 502 g/mol. The Morgan fingerprint density at radius 1 is 0.947 bits per heavy atom. The Hall–Kier alpha value is -4.45. The van der Waals surface area contributed by atoms with Gasteiger partial charge in [0, 0.05) is 35.5 Å². The van der Waals surface area contributed by atoms with E-state index in [1.807, 2.05) is 41.2 Å². The first-order valence-corrected chi connectivity index (χ1v) is 13.1. The smallest absolute Gasteiger partial charge is 0.273 e. The van der Waals surface area contributed by atoms with Crippen LogP contribution in [0.5, 0.6) is 0 Å². The molecule has 1 aliphatic rings. The number of para-hydroxylation sites is 1. The Morgan fingerprint density at radius 2 is 1.76 bits per heavy atom. The number of carbonyl (C=O) groups is 1. The second-order valence-corrected chi connectivity index (χ2v) is 10.1. The standard InChI is InChI=1S/C32H30N4O2/c1-21-12-13-22(2)28(16-21)31-26(20-36(34-31)27-10-4-3-5-11-27)19-33-32(37)29-18-30(38-35-29)25-15-14-23-8-6-7-9-24(23)17-25/h3-5,10-18,20H,6-9,19H2,1-2H3,(H,33,37). The van der Waals surface area contributed by atoms with Crippen molar-refractivity contribution in [3.63, 3.8) is 0 Å². The van der Waals surface area contributed by atoms with E-state index in [9.17, 15) is 4.79 Å². The predicted octanol–water partition coefficient (Wildman–Crippen LogP) is 6.62. The normalized spacial score (nSPS) is 12.8. The van der Waals surface area contributed by atoms with Crippen LogP contribution in [0.15, 0.2) is 83.5 Å². The van der Waals surface area contributed by atoms with Crippen LogP contribution in [0.25, 0.3) is 28.3 Å². The molecule has 6 rings (SSSR count). The molecule has 0 unspecified atom stereocenters. The van der Waals surface area contributed by atoms with Crippen LogP contribution in [0.4, 0.5) is 0 Å². The molecule has 6 nitrogen and oxygen atoms in total. The minimum absolute atomic E-state index is 0.265. The average Bonchev–Trinajstić information content (AvgIpc) is 3.61. The highest BCUT2D eigenvalue weighted by Crippen LogP contribution is 2.29. The molecule has 2 heterocycles. The molecule has 1 aliphatic carbocycles. The highest BCUT2D eigenvalue weighted by molar-refractivity contribution is 5.93. The number of carbonyl (C=O) groups excluding carboxylic acids is 1. The van der Waals surface area contributed by atoms with Crippen molar-refractivity contribution in [1.29, 1.82) is 0 Å². The first kappa shape index (κ1) is 23.9. The van der Waals surface area contributed by atoms with Gasteiger partial charge in [0.05, 0.1) is 11.4 Å². The summed E-state index contributed by atoms with van der Waals surface area (Å²) < 4.78 is 7.44. The van der Waals surface area contributed by atoms with Gasteiger partial charge in [-0.2, -0.15) is 5.10 Å². The van der Waals surface area contributed by atoms with E-state index in [1.165, 1.54) is 24.0 Å². The molecule has 1 amide bonds. The van der Waals surface area contributed by atoms with Crippen LogP contribution < -0.4 is 5.32 Å². The van der Waals surface area contributed by atoms with Crippen LogP contribution in [0.2, 0.25) is 0 Å². The lowest BCUT2D eigenvalue weighted by Gasteiger charge is -2.15. The van der Waals surface area contributed by atoms with Crippen molar-refractivity contribution in [3.8, 4) is 28.3 Å². The van der Waals surface area contributed by atoms with E-state index in [4.69, 9.17) is 9.62 Å². The number of nitrogens with zero attached hydrogens (tertiary/aromatic N) is 3. The number of aromatic nitrogens is 3. The van der Waals surface area contributed by atoms with Gasteiger partial charge in [0.15, 0.2) is 11.5 Å². The summed E-state index contributed by atoms with van der Waals surface area (Å²) in [6, 6.07) is 24.4. The third kappa shape index (κ3) is 4.77. The zero-order valence-electron chi connectivity index (χ0n) is 21.7. The summed E-state index contributed by atoms with van der Waals surface area (Å²) in [4.78, 5) is 13.1. The minimum atomic E-state index is -0.280. The van der Waals surface area contributed by atoms with Crippen molar-refractivity contribution in [1.82, 2.24) is 20.3 Å². The van der Waals surface area contributed by atoms with E-state index in [2.05, 4.69) is 60.7 Å². The molecule has 2 aromatic heterocycles. The Bertz CT molecular complexity index is 1610. The van der Waals surface area contributed by atoms with Gasteiger partial charge in [-0.25, -0.2) is 4.68 Å². The Kier molecular flexibility index (Phi) is 6.38. The van der Waals surface area contributed by atoms with Gasteiger partial charge in [0.1, 0.15) is 0 Å². The summed E-state index contributed by atoms with van der Waals surface area (Å²) >= 11 is 0. The highest BCUT2D eigenvalue weighted by atomic mass is 16.5. The van der Waals surface area contributed by atoms with Gasteiger partial charge >= 0.3 is 0 Å². The van der Waals surface area contributed by atoms with Crippen molar-refractivity contribution in [2.75, 3.05) is 0 Å². The molecule has 0 bridgehead atoms. The summed E-state index contributed by atoms with van der Waals surface area (Å²) in [6.07, 6.45) is 6.66. The number of nitrogens with one attached hydrogen (secondary N) is 1. The molecular weight excluding hydrogens is 472 g/mol. The number of aryl methyl sites for hydroxylation is 4. The molecule has 190 valence electrons. The van der Waals surface area contributed by atoms with Crippen LogP contribution in [-0.4, -0.2) is 20.8 Å². The second-order valence-electron chi connectivity index (χ2n) is 10.1. The number of amides is 1. The maximum Gasteiger partial charge on any atom is 0.273 e. The topological polar surface area (TPSA) is 73.0 Å². The molecule has 1 N–H and O–H groups in total. The van der Waals surface area contributed by atoms with E-state index in [-0.39, 0.29) is 11.6 Å². The lowest BCUT2D eigenvalue weighted by Crippen LogP contribution is -2.23. The van der Waals surface area contributed by atoms with Crippen molar-refractivity contribution in [3.05, 3.63) is 113 Å². The summed E-state index contributed by atoms with van der Waals surface area (Å²) in [5, 5.41) is 12.0. The quantitative estimate of drug-likeness (QED) is 0.283. The van der Waals surface area contributed by atoms with Crippen LogP contribution in [0, 0.1) is 13.8 Å². The van der Waals surface area contributed by atoms with Crippen LogP contribution in [0.3, 0.4) is 0 Å². The van der Waals surface area contributed by atoms with Crippen molar-refractivity contribution >= 4 is 5.91 Å². The number of fused-ring (bicyclic) bond motifs is 1.